The van der Waals surface area contributed by atoms with Crippen molar-refractivity contribution in [3.8, 4) is 5.75 Å². The lowest BCUT2D eigenvalue weighted by Crippen LogP contribution is -2.32. The summed E-state index contributed by atoms with van der Waals surface area (Å²) in [6, 6.07) is 4.44. The Morgan fingerprint density at radius 1 is 1.37 bits per heavy atom. The maximum atomic E-state index is 11.9. The smallest absolute Gasteiger partial charge is 0.480 e. The van der Waals surface area contributed by atoms with Crippen molar-refractivity contribution < 1.29 is 27.8 Å². The summed E-state index contributed by atoms with van der Waals surface area (Å²) in [5, 5.41) is 8.56. The number of hydrogen-bond donors (Lipinski definition) is 2. The molecule has 0 spiro atoms. The molecule has 0 saturated carbocycles. The van der Waals surface area contributed by atoms with Gasteiger partial charge in [0.1, 0.15) is 11.8 Å². The zero-order valence-corrected chi connectivity index (χ0v) is 10.5. The molecule has 0 heterocycles. The SMILES string of the molecule is N[C@H](CSCc1ccc(OC(F)(F)F)cc1)C(=O)O. The number of halogens is 3. The van der Waals surface area contributed by atoms with Crippen molar-refractivity contribution in [3.05, 3.63) is 29.8 Å². The van der Waals surface area contributed by atoms with Crippen LogP contribution in [0.3, 0.4) is 0 Å². The summed E-state index contributed by atoms with van der Waals surface area (Å²) in [4.78, 5) is 10.5. The Balaban J connectivity index is 2.42. The fraction of sp³-hybridized carbons (Fsp3) is 0.364. The third kappa shape index (κ3) is 6.35. The van der Waals surface area contributed by atoms with E-state index in [2.05, 4.69) is 4.74 Å². The van der Waals surface area contributed by atoms with Gasteiger partial charge in [0, 0.05) is 11.5 Å². The van der Waals surface area contributed by atoms with E-state index in [9.17, 15) is 18.0 Å². The lowest BCUT2D eigenvalue weighted by molar-refractivity contribution is -0.274. The predicted octanol–water partition coefficient (Wildman–Crippen LogP) is 2.23. The maximum Gasteiger partial charge on any atom is 0.573 e. The summed E-state index contributed by atoms with van der Waals surface area (Å²) < 4.78 is 39.5. The average molecular weight is 295 g/mol. The topological polar surface area (TPSA) is 72.5 Å². The molecule has 0 saturated heterocycles. The molecule has 1 aromatic carbocycles. The molecule has 0 aromatic heterocycles. The van der Waals surface area contributed by atoms with Crippen molar-refractivity contribution in [1.29, 1.82) is 0 Å². The maximum absolute atomic E-state index is 11.9. The Morgan fingerprint density at radius 2 is 1.95 bits per heavy atom. The number of alkyl halides is 3. The Labute approximate surface area is 111 Å². The summed E-state index contributed by atoms with van der Waals surface area (Å²) in [5.74, 6) is -0.673. The molecule has 19 heavy (non-hydrogen) atoms. The van der Waals surface area contributed by atoms with E-state index in [4.69, 9.17) is 10.8 Å². The third-order valence-electron chi connectivity index (χ3n) is 2.04. The largest absolute Gasteiger partial charge is 0.573 e. The number of ether oxygens (including phenoxy) is 1. The molecule has 0 unspecified atom stereocenters. The van der Waals surface area contributed by atoms with Crippen LogP contribution >= 0.6 is 11.8 Å². The second-order valence-corrected chi connectivity index (χ2v) is 4.68. The van der Waals surface area contributed by atoms with E-state index in [1.54, 1.807) is 0 Å². The first-order chi connectivity index (χ1) is 8.78. The van der Waals surface area contributed by atoms with Gasteiger partial charge in [0.05, 0.1) is 0 Å². The van der Waals surface area contributed by atoms with E-state index in [1.807, 2.05) is 0 Å². The van der Waals surface area contributed by atoms with Crippen LogP contribution in [0.15, 0.2) is 24.3 Å². The van der Waals surface area contributed by atoms with Crippen LogP contribution in [0.2, 0.25) is 0 Å². The molecule has 0 aliphatic rings. The minimum atomic E-state index is -4.70. The van der Waals surface area contributed by atoms with Crippen LogP contribution in [0.5, 0.6) is 5.75 Å². The molecular weight excluding hydrogens is 283 g/mol. The van der Waals surface area contributed by atoms with Gasteiger partial charge in [-0.3, -0.25) is 4.79 Å². The molecule has 106 valence electrons. The molecule has 1 aromatic rings. The number of aliphatic carboxylic acids is 1. The number of hydrogen-bond acceptors (Lipinski definition) is 4. The molecule has 0 radical (unpaired) electrons. The first-order valence-corrected chi connectivity index (χ1v) is 6.34. The average Bonchev–Trinajstić information content (AvgIpc) is 2.29. The van der Waals surface area contributed by atoms with E-state index in [-0.39, 0.29) is 11.5 Å². The predicted molar refractivity (Wildman–Crippen MR) is 64.9 cm³/mol. The van der Waals surface area contributed by atoms with E-state index < -0.39 is 18.4 Å². The lowest BCUT2D eigenvalue weighted by Gasteiger charge is -2.09. The standard InChI is InChI=1S/C11H12F3NO3S/c12-11(13,14)18-8-3-1-7(2-4-8)5-19-6-9(15)10(16)17/h1-4,9H,5-6,15H2,(H,16,17)/t9-/m1/s1. The summed E-state index contributed by atoms with van der Waals surface area (Å²) in [6.07, 6.45) is -4.70. The van der Waals surface area contributed by atoms with Gasteiger partial charge in [0.15, 0.2) is 0 Å². The molecule has 0 aliphatic carbocycles. The van der Waals surface area contributed by atoms with Crippen LogP contribution < -0.4 is 10.5 Å². The molecule has 3 N–H and O–H groups in total. The Kier molecular flexibility index (Phi) is 5.49. The molecule has 8 heteroatoms. The van der Waals surface area contributed by atoms with Crippen molar-refractivity contribution in [3.63, 3.8) is 0 Å². The number of thioether (sulfide) groups is 1. The van der Waals surface area contributed by atoms with E-state index in [0.29, 0.717) is 5.75 Å². The van der Waals surface area contributed by atoms with Gasteiger partial charge in [-0.1, -0.05) is 12.1 Å². The Morgan fingerprint density at radius 3 is 2.42 bits per heavy atom. The highest BCUT2D eigenvalue weighted by atomic mass is 32.2. The zero-order valence-electron chi connectivity index (χ0n) is 9.68. The molecular formula is C11H12F3NO3S. The van der Waals surface area contributed by atoms with E-state index in [1.165, 1.54) is 36.0 Å². The van der Waals surface area contributed by atoms with E-state index >= 15 is 0 Å². The van der Waals surface area contributed by atoms with Gasteiger partial charge >= 0.3 is 12.3 Å². The minimum absolute atomic E-state index is 0.232. The van der Waals surface area contributed by atoms with Crippen LogP contribution in [0, 0.1) is 0 Å². The molecule has 4 nitrogen and oxygen atoms in total. The van der Waals surface area contributed by atoms with Gasteiger partial charge in [0.25, 0.3) is 0 Å². The van der Waals surface area contributed by atoms with Crippen LogP contribution in [0.1, 0.15) is 5.56 Å². The quantitative estimate of drug-likeness (QED) is 0.842. The first-order valence-electron chi connectivity index (χ1n) is 5.19. The highest BCUT2D eigenvalue weighted by molar-refractivity contribution is 7.98. The van der Waals surface area contributed by atoms with Crippen LogP contribution in [0.4, 0.5) is 13.2 Å². The number of carbonyl (C=O) groups is 1. The normalized spacial score (nSPS) is 13.1. The van der Waals surface area contributed by atoms with Crippen LogP contribution in [0.25, 0.3) is 0 Å². The number of rotatable bonds is 6. The first kappa shape index (κ1) is 15.6. The molecule has 0 aliphatic heterocycles. The molecule has 1 rings (SSSR count). The highest BCUT2D eigenvalue weighted by Gasteiger charge is 2.30. The van der Waals surface area contributed by atoms with Gasteiger partial charge in [-0.2, -0.15) is 11.8 Å². The third-order valence-corrected chi connectivity index (χ3v) is 3.17. The van der Waals surface area contributed by atoms with Gasteiger partial charge in [-0.25, -0.2) is 0 Å². The summed E-state index contributed by atoms with van der Waals surface area (Å²) >= 11 is 1.29. The van der Waals surface area contributed by atoms with Gasteiger partial charge in [-0.15, -0.1) is 13.2 Å². The fourth-order valence-corrected chi connectivity index (χ4v) is 2.10. The number of benzene rings is 1. The fourth-order valence-electron chi connectivity index (χ4n) is 1.16. The van der Waals surface area contributed by atoms with Crippen molar-refractivity contribution >= 4 is 17.7 Å². The highest BCUT2D eigenvalue weighted by Crippen LogP contribution is 2.23. The Hall–Kier alpha value is -1.41. The summed E-state index contributed by atoms with van der Waals surface area (Å²) in [5.41, 5.74) is 6.07. The monoisotopic (exact) mass is 295 g/mol. The second kappa shape index (κ2) is 6.67. The lowest BCUT2D eigenvalue weighted by atomic mass is 10.2. The van der Waals surface area contributed by atoms with Gasteiger partial charge < -0.3 is 15.6 Å². The molecule has 0 amide bonds. The number of carboxylic acid groups (broad SMARTS) is 1. The van der Waals surface area contributed by atoms with Crippen LogP contribution in [-0.2, 0) is 10.5 Å². The number of nitrogens with two attached hydrogens (primary N) is 1. The van der Waals surface area contributed by atoms with Crippen molar-refractivity contribution in [2.45, 2.75) is 18.2 Å². The zero-order chi connectivity index (χ0) is 14.5. The van der Waals surface area contributed by atoms with Crippen molar-refractivity contribution in [2.75, 3.05) is 5.75 Å². The van der Waals surface area contributed by atoms with Gasteiger partial charge in [0.2, 0.25) is 0 Å². The van der Waals surface area contributed by atoms with Crippen LogP contribution in [-0.4, -0.2) is 29.2 Å². The molecule has 1 atom stereocenters. The van der Waals surface area contributed by atoms with Crippen molar-refractivity contribution in [2.24, 2.45) is 5.73 Å². The molecule has 0 bridgehead atoms. The summed E-state index contributed by atoms with van der Waals surface area (Å²) in [6.45, 7) is 0. The Bertz CT molecular complexity index is 422. The van der Waals surface area contributed by atoms with Crippen molar-refractivity contribution in [1.82, 2.24) is 0 Å². The molecule has 0 fully saturated rings. The van der Waals surface area contributed by atoms with E-state index in [0.717, 1.165) is 5.56 Å². The van der Waals surface area contributed by atoms with Gasteiger partial charge in [-0.05, 0) is 17.7 Å². The number of carboxylic acids is 1. The second-order valence-electron chi connectivity index (χ2n) is 3.65. The summed E-state index contributed by atoms with van der Waals surface area (Å²) in [7, 11) is 0. The minimum Gasteiger partial charge on any atom is -0.480 e.